The monoisotopic (exact) mass is 428 g/mol. The topological polar surface area (TPSA) is 89.1 Å². The van der Waals surface area contributed by atoms with Crippen molar-refractivity contribution in [2.45, 2.75) is 39.9 Å². The Bertz CT molecular complexity index is 1330. The molecule has 7 nitrogen and oxygen atoms in total. The average molecular weight is 429 g/mol. The highest BCUT2D eigenvalue weighted by molar-refractivity contribution is 5.99. The van der Waals surface area contributed by atoms with Gasteiger partial charge in [0.05, 0.1) is 5.52 Å². The van der Waals surface area contributed by atoms with Gasteiger partial charge in [0, 0.05) is 66.3 Å². The number of nitrogens with one attached hydrogen (secondary N) is 1. The predicted molar refractivity (Wildman–Crippen MR) is 127 cm³/mol. The number of carbonyl (C=O) groups excluding carboxylic acids is 1. The van der Waals surface area contributed by atoms with Gasteiger partial charge in [0.2, 0.25) is 5.95 Å². The molecule has 32 heavy (non-hydrogen) atoms. The highest BCUT2D eigenvalue weighted by Gasteiger charge is 2.23. The van der Waals surface area contributed by atoms with E-state index in [1.54, 1.807) is 6.20 Å². The Morgan fingerprint density at radius 2 is 2.03 bits per heavy atom. The van der Waals surface area contributed by atoms with E-state index >= 15 is 0 Å². The van der Waals surface area contributed by atoms with Crippen LogP contribution < -0.4 is 11.1 Å². The third kappa shape index (κ3) is 3.58. The first-order valence-electron chi connectivity index (χ1n) is 11.2. The Kier molecular flexibility index (Phi) is 5.27. The molecule has 2 aromatic heterocycles. The molecule has 0 spiro atoms. The van der Waals surface area contributed by atoms with E-state index < -0.39 is 0 Å². The Morgan fingerprint density at radius 1 is 1.16 bits per heavy atom. The minimum atomic E-state index is -0.0737. The van der Waals surface area contributed by atoms with Crippen LogP contribution in [0.4, 0.5) is 5.95 Å². The van der Waals surface area contributed by atoms with Crippen molar-refractivity contribution in [3.8, 4) is 0 Å². The van der Waals surface area contributed by atoms with E-state index in [0.29, 0.717) is 12.1 Å². The van der Waals surface area contributed by atoms with Crippen LogP contribution in [0.15, 0.2) is 42.6 Å². The first-order valence-corrected chi connectivity index (χ1v) is 11.2. The van der Waals surface area contributed by atoms with Gasteiger partial charge in [0.1, 0.15) is 0 Å². The quantitative estimate of drug-likeness (QED) is 0.508. The van der Waals surface area contributed by atoms with Gasteiger partial charge in [-0.3, -0.25) is 9.69 Å². The fourth-order valence-electron chi connectivity index (χ4n) is 4.76. The van der Waals surface area contributed by atoms with Crippen molar-refractivity contribution in [3.05, 3.63) is 65.0 Å². The summed E-state index contributed by atoms with van der Waals surface area (Å²) in [6, 6.07) is 11.9. The molecule has 0 aliphatic carbocycles. The molecule has 1 aliphatic heterocycles. The number of aryl methyl sites for hydroxylation is 1. The lowest BCUT2D eigenvalue weighted by Gasteiger charge is -2.26. The molecule has 1 aliphatic rings. The summed E-state index contributed by atoms with van der Waals surface area (Å²) in [7, 11) is 0. The Morgan fingerprint density at radius 3 is 2.84 bits per heavy atom. The second kappa shape index (κ2) is 8.24. The molecule has 0 unspecified atom stereocenters. The van der Waals surface area contributed by atoms with Crippen molar-refractivity contribution in [2.24, 2.45) is 0 Å². The summed E-state index contributed by atoms with van der Waals surface area (Å²) in [6.45, 7) is 8.84. The molecule has 0 fully saturated rings. The summed E-state index contributed by atoms with van der Waals surface area (Å²) < 4.78 is 2.40. The van der Waals surface area contributed by atoms with Crippen molar-refractivity contribution in [2.75, 3.05) is 18.8 Å². The molecule has 3 heterocycles. The molecule has 164 valence electrons. The fraction of sp³-hybridized carbons (Fsp3) is 0.320. The molecule has 0 saturated heterocycles. The van der Waals surface area contributed by atoms with Crippen LogP contribution >= 0.6 is 0 Å². The van der Waals surface area contributed by atoms with Crippen molar-refractivity contribution >= 4 is 33.7 Å². The minimum Gasteiger partial charge on any atom is -0.368 e. The minimum absolute atomic E-state index is 0.0737. The average Bonchev–Trinajstić information content (AvgIpc) is 3.14. The van der Waals surface area contributed by atoms with Gasteiger partial charge in [-0.05, 0) is 48.9 Å². The standard InChI is InChI=1S/C25H28N6O/c1-3-30-10-9-23-20(15-30)19-12-17(7-8-22(19)31(23)4-2)24(32)27-13-16-5-6-18-14-28-25(26)29-21(18)11-16/h5-8,11-12,14H,3-4,9-10,13,15H2,1-2H3,(H,27,32)(H2,26,28,29). The van der Waals surface area contributed by atoms with Gasteiger partial charge in [0.15, 0.2) is 0 Å². The molecule has 0 atom stereocenters. The number of hydrogen-bond donors (Lipinski definition) is 2. The summed E-state index contributed by atoms with van der Waals surface area (Å²) in [5.74, 6) is 0.173. The lowest BCUT2D eigenvalue weighted by Crippen LogP contribution is -2.30. The van der Waals surface area contributed by atoms with E-state index in [2.05, 4.69) is 50.7 Å². The lowest BCUT2D eigenvalue weighted by atomic mass is 10.0. The fourth-order valence-corrected chi connectivity index (χ4v) is 4.76. The van der Waals surface area contributed by atoms with Crippen LogP contribution in [0.1, 0.15) is 41.0 Å². The summed E-state index contributed by atoms with van der Waals surface area (Å²) in [6.07, 6.45) is 2.77. The van der Waals surface area contributed by atoms with Gasteiger partial charge in [0.25, 0.3) is 5.91 Å². The van der Waals surface area contributed by atoms with Gasteiger partial charge < -0.3 is 15.6 Å². The Hall–Kier alpha value is -3.45. The second-order valence-corrected chi connectivity index (χ2v) is 8.32. The molecular weight excluding hydrogens is 400 g/mol. The molecule has 0 bridgehead atoms. The first kappa shape index (κ1) is 20.5. The van der Waals surface area contributed by atoms with E-state index in [4.69, 9.17) is 5.73 Å². The van der Waals surface area contributed by atoms with E-state index in [1.165, 1.54) is 22.2 Å². The number of nitrogen functional groups attached to an aromatic ring is 1. The van der Waals surface area contributed by atoms with Crippen LogP contribution in [-0.4, -0.2) is 38.4 Å². The normalized spacial score (nSPS) is 14.1. The third-order valence-corrected chi connectivity index (χ3v) is 6.48. The van der Waals surface area contributed by atoms with E-state index in [1.807, 2.05) is 24.3 Å². The molecule has 0 saturated carbocycles. The summed E-state index contributed by atoms with van der Waals surface area (Å²) in [5.41, 5.74) is 12.1. The molecule has 1 amide bonds. The largest absolute Gasteiger partial charge is 0.368 e. The van der Waals surface area contributed by atoms with Crippen LogP contribution in [0.2, 0.25) is 0 Å². The first-order chi connectivity index (χ1) is 15.6. The molecule has 3 N–H and O–H groups in total. The zero-order valence-corrected chi connectivity index (χ0v) is 18.6. The van der Waals surface area contributed by atoms with E-state index in [-0.39, 0.29) is 11.9 Å². The number of benzene rings is 2. The van der Waals surface area contributed by atoms with Gasteiger partial charge in [-0.15, -0.1) is 0 Å². The number of carbonyl (C=O) groups is 1. The van der Waals surface area contributed by atoms with Crippen LogP contribution in [0.5, 0.6) is 0 Å². The zero-order chi connectivity index (χ0) is 22.2. The molecular formula is C25H28N6O. The summed E-state index contributed by atoms with van der Waals surface area (Å²) in [5, 5.41) is 5.17. The smallest absolute Gasteiger partial charge is 0.251 e. The number of likely N-dealkylation sites (N-methyl/N-ethyl adjacent to an activating group) is 1. The van der Waals surface area contributed by atoms with Gasteiger partial charge in [-0.25, -0.2) is 9.97 Å². The molecule has 7 heteroatoms. The van der Waals surface area contributed by atoms with Gasteiger partial charge in [-0.2, -0.15) is 0 Å². The SMILES string of the molecule is CCN1CCc2c(c3cc(C(=O)NCc4ccc5cnc(N)nc5c4)ccc3n2CC)C1. The number of aromatic nitrogens is 3. The van der Waals surface area contributed by atoms with Gasteiger partial charge in [-0.1, -0.05) is 19.1 Å². The Balaban J connectivity index is 1.40. The van der Waals surface area contributed by atoms with Crippen molar-refractivity contribution in [1.29, 1.82) is 0 Å². The van der Waals surface area contributed by atoms with Crippen LogP contribution in [0.3, 0.4) is 0 Å². The van der Waals surface area contributed by atoms with Crippen LogP contribution in [-0.2, 0) is 26.1 Å². The van der Waals surface area contributed by atoms with Crippen molar-refractivity contribution in [3.63, 3.8) is 0 Å². The second-order valence-electron chi connectivity index (χ2n) is 8.32. The number of nitrogens with two attached hydrogens (primary N) is 1. The molecule has 0 radical (unpaired) electrons. The lowest BCUT2D eigenvalue weighted by molar-refractivity contribution is 0.0951. The van der Waals surface area contributed by atoms with E-state index in [9.17, 15) is 4.79 Å². The van der Waals surface area contributed by atoms with Crippen LogP contribution in [0, 0.1) is 0 Å². The highest BCUT2D eigenvalue weighted by atomic mass is 16.1. The predicted octanol–water partition coefficient (Wildman–Crippen LogP) is 3.49. The molecule has 2 aromatic carbocycles. The van der Waals surface area contributed by atoms with Crippen molar-refractivity contribution in [1.82, 2.24) is 24.8 Å². The number of fused-ring (bicyclic) bond motifs is 4. The summed E-state index contributed by atoms with van der Waals surface area (Å²) >= 11 is 0. The maximum Gasteiger partial charge on any atom is 0.251 e. The number of amides is 1. The number of nitrogens with zero attached hydrogens (tertiary/aromatic N) is 4. The van der Waals surface area contributed by atoms with Crippen molar-refractivity contribution < 1.29 is 4.79 Å². The maximum atomic E-state index is 13.0. The maximum absolute atomic E-state index is 13.0. The van der Waals surface area contributed by atoms with Crippen LogP contribution in [0.25, 0.3) is 21.8 Å². The molecule has 4 aromatic rings. The summed E-state index contributed by atoms with van der Waals surface area (Å²) in [4.78, 5) is 23.7. The highest BCUT2D eigenvalue weighted by Crippen LogP contribution is 2.31. The number of rotatable bonds is 5. The zero-order valence-electron chi connectivity index (χ0n) is 18.6. The number of hydrogen-bond acceptors (Lipinski definition) is 5. The third-order valence-electron chi connectivity index (χ3n) is 6.48. The number of anilines is 1. The molecule has 5 rings (SSSR count). The Labute approximate surface area is 187 Å². The van der Waals surface area contributed by atoms with Gasteiger partial charge >= 0.3 is 0 Å². The van der Waals surface area contributed by atoms with E-state index in [0.717, 1.165) is 49.1 Å².